The van der Waals surface area contributed by atoms with Crippen LogP contribution >= 0.6 is 0 Å². The SMILES string of the molecule is CCCCCCCCCCCCCCCCCCCCCCCCCCCCCCNCCCCCCCCCCCCCCCCCCCC. The zero-order valence-corrected chi connectivity index (χ0v) is 36.4. The summed E-state index contributed by atoms with van der Waals surface area (Å²) in [5, 5.41) is 3.71. The third kappa shape index (κ3) is 50.0. The molecule has 51 heavy (non-hydrogen) atoms. The Morgan fingerprint density at radius 1 is 0.157 bits per heavy atom. The van der Waals surface area contributed by atoms with E-state index in [1.807, 2.05) is 0 Å². The molecule has 0 aromatic carbocycles. The molecule has 0 spiro atoms. The average Bonchev–Trinajstić information content (AvgIpc) is 3.14. The molecule has 1 nitrogen and oxygen atoms in total. The molecule has 0 aliphatic rings. The van der Waals surface area contributed by atoms with E-state index in [-0.39, 0.29) is 0 Å². The van der Waals surface area contributed by atoms with Gasteiger partial charge in [0.1, 0.15) is 0 Å². The number of unbranched alkanes of at least 4 members (excludes halogenated alkanes) is 44. The predicted octanol–water partition coefficient (Wildman–Crippen LogP) is 18.6. The summed E-state index contributed by atoms with van der Waals surface area (Å²) >= 11 is 0. The van der Waals surface area contributed by atoms with Gasteiger partial charge in [0.05, 0.1) is 0 Å². The van der Waals surface area contributed by atoms with Gasteiger partial charge in [-0.25, -0.2) is 0 Å². The maximum Gasteiger partial charge on any atom is -0.00489 e. The summed E-state index contributed by atoms with van der Waals surface area (Å²) in [5.74, 6) is 0. The lowest BCUT2D eigenvalue weighted by atomic mass is 10.0. The lowest BCUT2D eigenvalue weighted by Gasteiger charge is -2.06. The van der Waals surface area contributed by atoms with Gasteiger partial charge in [0.2, 0.25) is 0 Å². The van der Waals surface area contributed by atoms with Gasteiger partial charge >= 0.3 is 0 Å². The van der Waals surface area contributed by atoms with Gasteiger partial charge < -0.3 is 5.32 Å². The first kappa shape index (κ1) is 51.0. The van der Waals surface area contributed by atoms with Crippen LogP contribution in [0.4, 0.5) is 0 Å². The van der Waals surface area contributed by atoms with Crippen molar-refractivity contribution in [2.75, 3.05) is 13.1 Å². The summed E-state index contributed by atoms with van der Waals surface area (Å²) in [7, 11) is 0. The maximum atomic E-state index is 3.71. The van der Waals surface area contributed by atoms with Gasteiger partial charge in [-0.1, -0.05) is 296 Å². The van der Waals surface area contributed by atoms with Gasteiger partial charge in [-0.2, -0.15) is 0 Å². The van der Waals surface area contributed by atoms with Crippen LogP contribution in [0.25, 0.3) is 0 Å². The molecule has 0 bridgehead atoms. The lowest BCUT2D eigenvalue weighted by molar-refractivity contribution is 0.510. The van der Waals surface area contributed by atoms with Gasteiger partial charge in [0, 0.05) is 0 Å². The minimum absolute atomic E-state index is 1.25. The quantitative estimate of drug-likeness (QED) is 0.0618. The second-order valence-corrected chi connectivity index (χ2v) is 17.3. The number of hydrogen-bond donors (Lipinski definition) is 1. The van der Waals surface area contributed by atoms with Gasteiger partial charge in [-0.15, -0.1) is 0 Å². The van der Waals surface area contributed by atoms with Crippen molar-refractivity contribution in [3.63, 3.8) is 0 Å². The van der Waals surface area contributed by atoms with Gasteiger partial charge in [-0.3, -0.25) is 0 Å². The van der Waals surface area contributed by atoms with Crippen LogP contribution in [-0.2, 0) is 0 Å². The molecule has 0 aliphatic carbocycles. The predicted molar refractivity (Wildman–Crippen MR) is 237 cm³/mol. The minimum Gasteiger partial charge on any atom is -0.317 e. The molecule has 0 heterocycles. The van der Waals surface area contributed by atoms with Crippen molar-refractivity contribution < 1.29 is 0 Å². The Bertz CT molecular complexity index is 509. The Balaban J connectivity index is 3.04. The smallest absolute Gasteiger partial charge is 0.00489 e. The molecule has 0 rings (SSSR count). The highest BCUT2D eigenvalue weighted by atomic mass is 14.8. The van der Waals surface area contributed by atoms with Crippen LogP contribution in [0.3, 0.4) is 0 Å². The topological polar surface area (TPSA) is 12.0 Å². The van der Waals surface area contributed by atoms with E-state index in [0.29, 0.717) is 0 Å². The van der Waals surface area contributed by atoms with E-state index in [2.05, 4.69) is 19.2 Å². The fourth-order valence-corrected chi connectivity index (χ4v) is 8.20. The molecule has 0 aliphatic heterocycles. The zero-order valence-electron chi connectivity index (χ0n) is 36.4. The van der Waals surface area contributed by atoms with Crippen molar-refractivity contribution >= 4 is 0 Å². The Morgan fingerprint density at radius 3 is 0.412 bits per heavy atom. The van der Waals surface area contributed by atoms with Gasteiger partial charge in [0.25, 0.3) is 0 Å². The van der Waals surface area contributed by atoms with Crippen molar-refractivity contribution in [1.29, 1.82) is 0 Å². The minimum atomic E-state index is 1.25. The molecule has 0 saturated heterocycles. The number of hydrogen-bond acceptors (Lipinski definition) is 1. The second-order valence-electron chi connectivity index (χ2n) is 17.3. The largest absolute Gasteiger partial charge is 0.317 e. The highest BCUT2D eigenvalue weighted by Crippen LogP contribution is 2.17. The van der Waals surface area contributed by atoms with Gasteiger partial charge in [-0.05, 0) is 25.9 Å². The van der Waals surface area contributed by atoms with Crippen LogP contribution in [0.15, 0.2) is 0 Å². The van der Waals surface area contributed by atoms with Crippen LogP contribution in [0.2, 0.25) is 0 Å². The fourth-order valence-electron chi connectivity index (χ4n) is 8.20. The van der Waals surface area contributed by atoms with E-state index in [9.17, 15) is 0 Å². The molecule has 0 amide bonds. The third-order valence-corrected chi connectivity index (χ3v) is 11.9. The molecule has 0 saturated carbocycles. The number of rotatable bonds is 48. The molecule has 0 aromatic rings. The van der Waals surface area contributed by atoms with E-state index in [1.54, 1.807) is 0 Å². The summed E-state index contributed by atoms with van der Waals surface area (Å²) in [6.45, 7) is 7.12. The van der Waals surface area contributed by atoms with E-state index in [4.69, 9.17) is 0 Å². The van der Waals surface area contributed by atoms with E-state index in [0.717, 1.165) is 0 Å². The third-order valence-electron chi connectivity index (χ3n) is 11.9. The zero-order chi connectivity index (χ0) is 36.6. The maximum absolute atomic E-state index is 3.71. The summed E-state index contributed by atoms with van der Waals surface area (Å²) < 4.78 is 0. The number of nitrogens with one attached hydrogen (secondary N) is 1. The van der Waals surface area contributed by atoms with Crippen LogP contribution in [0.1, 0.15) is 309 Å². The summed E-state index contributed by atoms with van der Waals surface area (Å²) in [4.78, 5) is 0. The molecule has 0 fully saturated rings. The lowest BCUT2D eigenvalue weighted by Crippen LogP contribution is -2.16. The Labute approximate surface area is 326 Å². The molecule has 0 atom stereocenters. The summed E-state index contributed by atoms with van der Waals surface area (Å²) in [6, 6.07) is 0. The van der Waals surface area contributed by atoms with Crippen LogP contribution in [-0.4, -0.2) is 13.1 Å². The van der Waals surface area contributed by atoms with Crippen LogP contribution in [0, 0.1) is 0 Å². The van der Waals surface area contributed by atoms with Crippen LogP contribution < -0.4 is 5.32 Å². The van der Waals surface area contributed by atoms with Crippen molar-refractivity contribution in [2.24, 2.45) is 0 Å². The van der Waals surface area contributed by atoms with Crippen molar-refractivity contribution in [3.8, 4) is 0 Å². The first-order chi connectivity index (χ1) is 25.4. The molecule has 1 heteroatoms. The first-order valence-corrected chi connectivity index (χ1v) is 25.1. The highest BCUT2D eigenvalue weighted by Gasteiger charge is 1.98. The summed E-state index contributed by atoms with van der Waals surface area (Å²) in [5.41, 5.74) is 0. The van der Waals surface area contributed by atoms with Crippen molar-refractivity contribution in [3.05, 3.63) is 0 Å². The molecule has 0 radical (unpaired) electrons. The Morgan fingerprint density at radius 2 is 0.275 bits per heavy atom. The molecule has 0 aromatic heterocycles. The average molecular weight is 718 g/mol. The Kier molecular flexibility index (Phi) is 49.9. The van der Waals surface area contributed by atoms with E-state index >= 15 is 0 Å². The monoisotopic (exact) mass is 718 g/mol. The second kappa shape index (κ2) is 50.0. The Hall–Kier alpha value is -0.0400. The molecule has 308 valence electrons. The summed E-state index contributed by atoms with van der Waals surface area (Å²) in [6.07, 6.45) is 67.7. The van der Waals surface area contributed by atoms with Gasteiger partial charge in [0.15, 0.2) is 0 Å². The normalized spacial score (nSPS) is 11.6. The highest BCUT2D eigenvalue weighted by molar-refractivity contribution is 4.55. The van der Waals surface area contributed by atoms with Crippen LogP contribution in [0.5, 0.6) is 0 Å². The molecular formula is C50H103N. The molecule has 1 N–H and O–H groups in total. The molecular weight excluding hydrogens is 615 g/mol. The van der Waals surface area contributed by atoms with E-state index in [1.165, 1.54) is 308 Å². The standard InChI is InChI=1S/C50H103N/c1-3-5-7-9-11-13-15-17-19-21-23-24-25-26-27-28-29-30-31-32-34-36-38-40-42-44-46-48-50-51-49-47-45-43-41-39-37-35-33-22-20-18-16-14-12-10-8-6-4-2/h51H,3-50H2,1-2H3. The first-order valence-electron chi connectivity index (χ1n) is 25.1. The molecule has 0 unspecified atom stereocenters. The van der Waals surface area contributed by atoms with E-state index < -0.39 is 0 Å². The fraction of sp³-hybridized carbons (Fsp3) is 1.00. The van der Waals surface area contributed by atoms with Crippen molar-refractivity contribution in [2.45, 2.75) is 309 Å². The van der Waals surface area contributed by atoms with Crippen molar-refractivity contribution in [1.82, 2.24) is 5.32 Å².